The highest BCUT2D eigenvalue weighted by Crippen LogP contribution is 2.35. The summed E-state index contributed by atoms with van der Waals surface area (Å²) < 4.78 is 34.1. The molecular weight excluding hydrogens is 424 g/mol. The van der Waals surface area contributed by atoms with Crippen molar-refractivity contribution in [3.63, 3.8) is 0 Å². The molecule has 3 aromatic rings. The highest BCUT2D eigenvalue weighted by molar-refractivity contribution is 7.89. The van der Waals surface area contributed by atoms with Crippen LogP contribution in [-0.4, -0.2) is 43.7 Å². The average Bonchev–Trinajstić information content (AvgIpc) is 3.21. The Morgan fingerprint density at radius 2 is 1.53 bits per heavy atom. The summed E-state index contributed by atoms with van der Waals surface area (Å²) in [5.74, 6) is 0.736. The molecule has 7 heteroatoms. The van der Waals surface area contributed by atoms with Crippen molar-refractivity contribution in [1.29, 1.82) is 0 Å². The van der Waals surface area contributed by atoms with Crippen LogP contribution in [0.5, 0.6) is 5.75 Å². The first-order valence-electron chi connectivity index (χ1n) is 10.6. The van der Waals surface area contributed by atoms with Gasteiger partial charge in [0.25, 0.3) is 0 Å². The topological polar surface area (TPSA) is 59.1 Å². The van der Waals surface area contributed by atoms with Crippen LogP contribution in [0, 0.1) is 0 Å². The Bertz CT molecular complexity index is 1110. The van der Waals surface area contributed by atoms with Gasteiger partial charge in [0.05, 0.1) is 12.6 Å². The van der Waals surface area contributed by atoms with Gasteiger partial charge in [-0.2, -0.15) is 5.06 Å². The van der Waals surface area contributed by atoms with Crippen molar-refractivity contribution >= 4 is 10.0 Å². The van der Waals surface area contributed by atoms with E-state index >= 15 is 0 Å². The van der Waals surface area contributed by atoms with Crippen molar-refractivity contribution in [3.8, 4) is 5.75 Å². The van der Waals surface area contributed by atoms with E-state index in [0.29, 0.717) is 13.2 Å². The van der Waals surface area contributed by atoms with E-state index in [1.54, 1.807) is 19.2 Å². The predicted molar refractivity (Wildman–Crippen MR) is 124 cm³/mol. The maximum absolute atomic E-state index is 13.4. The van der Waals surface area contributed by atoms with Crippen molar-refractivity contribution in [1.82, 2.24) is 9.37 Å². The number of sulfonamides is 1. The van der Waals surface area contributed by atoms with Crippen LogP contribution in [-0.2, 0) is 28.0 Å². The van der Waals surface area contributed by atoms with E-state index < -0.39 is 21.3 Å². The Morgan fingerprint density at radius 1 is 0.938 bits per heavy atom. The molecule has 0 saturated carbocycles. The highest BCUT2D eigenvalue weighted by atomic mass is 32.2. The molecule has 1 fully saturated rings. The zero-order valence-corrected chi connectivity index (χ0v) is 19.1. The van der Waals surface area contributed by atoms with E-state index in [4.69, 9.17) is 9.57 Å². The number of hydroxylamine groups is 2. The Hall–Kier alpha value is -2.71. The van der Waals surface area contributed by atoms with Crippen molar-refractivity contribution in [3.05, 3.63) is 102 Å². The third-order valence-electron chi connectivity index (χ3n) is 5.72. The largest absolute Gasteiger partial charge is 0.489 e. The SMILES string of the molecule is CN1OC[C@H](S(=O)(=O)N(C)Cc2ccccc2)[C@@H]1c1ccc(OCc2ccccc2)cc1. The van der Waals surface area contributed by atoms with Crippen LogP contribution in [0.15, 0.2) is 84.9 Å². The van der Waals surface area contributed by atoms with Gasteiger partial charge in [0.1, 0.15) is 17.6 Å². The van der Waals surface area contributed by atoms with E-state index in [2.05, 4.69) is 0 Å². The summed E-state index contributed by atoms with van der Waals surface area (Å²) in [4.78, 5) is 5.65. The highest BCUT2D eigenvalue weighted by Gasteiger charge is 2.44. The first-order valence-corrected chi connectivity index (χ1v) is 12.1. The molecule has 0 spiro atoms. The van der Waals surface area contributed by atoms with Gasteiger partial charge in [0, 0.05) is 20.6 Å². The Morgan fingerprint density at radius 3 is 2.16 bits per heavy atom. The Labute approximate surface area is 190 Å². The van der Waals surface area contributed by atoms with E-state index in [9.17, 15) is 8.42 Å². The van der Waals surface area contributed by atoms with Crippen LogP contribution in [0.4, 0.5) is 0 Å². The minimum Gasteiger partial charge on any atom is -0.489 e. The number of hydrogen-bond acceptors (Lipinski definition) is 5. The van der Waals surface area contributed by atoms with E-state index in [0.717, 1.165) is 22.4 Å². The van der Waals surface area contributed by atoms with Gasteiger partial charge >= 0.3 is 0 Å². The van der Waals surface area contributed by atoms with Crippen LogP contribution in [0.3, 0.4) is 0 Å². The summed E-state index contributed by atoms with van der Waals surface area (Å²) in [6.07, 6.45) is 0. The first-order chi connectivity index (χ1) is 15.4. The second-order valence-corrected chi connectivity index (χ2v) is 10.2. The molecule has 6 nitrogen and oxygen atoms in total. The summed E-state index contributed by atoms with van der Waals surface area (Å²) in [6.45, 7) is 0.922. The minimum atomic E-state index is -3.59. The Balaban J connectivity index is 1.47. The van der Waals surface area contributed by atoms with Gasteiger partial charge in [-0.25, -0.2) is 12.7 Å². The smallest absolute Gasteiger partial charge is 0.221 e. The average molecular weight is 453 g/mol. The van der Waals surface area contributed by atoms with E-state index in [-0.39, 0.29) is 6.61 Å². The maximum Gasteiger partial charge on any atom is 0.221 e. The minimum absolute atomic E-state index is 0.120. The molecule has 2 atom stereocenters. The summed E-state index contributed by atoms with van der Waals surface area (Å²) in [5.41, 5.74) is 2.91. The zero-order chi connectivity index (χ0) is 22.6. The lowest BCUT2D eigenvalue weighted by Gasteiger charge is -2.27. The lowest BCUT2D eigenvalue weighted by Crippen LogP contribution is -2.40. The summed E-state index contributed by atoms with van der Waals surface area (Å²) >= 11 is 0. The molecule has 32 heavy (non-hydrogen) atoms. The maximum atomic E-state index is 13.4. The molecule has 1 aliphatic heterocycles. The molecule has 1 heterocycles. The van der Waals surface area contributed by atoms with Gasteiger partial charge in [-0.1, -0.05) is 72.8 Å². The van der Waals surface area contributed by atoms with E-state index in [1.165, 1.54) is 4.31 Å². The summed E-state index contributed by atoms with van der Waals surface area (Å²) in [7, 11) is -0.190. The van der Waals surface area contributed by atoms with Crippen LogP contribution in [0.1, 0.15) is 22.7 Å². The molecule has 3 aromatic carbocycles. The van der Waals surface area contributed by atoms with Crippen LogP contribution >= 0.6 is 0 Å². The summed E-state index contributed by atoms with van der Waals surface area (Å²) in [5, 5.41) is 0.940. The predicted octanol–water partition coefficient (Wildman–Crippen LogP) is 4.01. The molecule has 0 unspecified atom stereocenters. The van der Waals surface area contributed by atoms with Crippen molar-refractivity contribution in [2.75, 3.05) is 20.7 Å². The number of hydrogen-bond donors (Lipinski definition) is 0. The van der Waals surface area contributed by atoms with Gasteiger partial charge < -0.3 is 4.74 Å². The summed E-state index contributed by atoms with van der Waals surface area (Å²) in [6, 6.07) is 26.7. The van der Waals surface area contributed by atoms with Crippen LogP contribution < -0.4 is 4.74 Å². The van der Waals surface area contributed by atoms with Crippen molar-refractivity contribution in [2.24, 2.45) is 0 Å². The molecular formula is C25H28N2O4S. The molecule has 1 saturated heterocycles. The van der Waals surface area contributed by atoms with Crippen molar-refractivity contribution < 1.29 is 18.0 Å². The van der Waals surface area contributed by atoms with Gasteiger partial charge in [0.2, 0.25) is 10.0 Å². The molecule has 0 radical (unpaired) electrons. The quantitative estimate of drug-likeness (QED) is 0.517. The standard InChI is InChI=1S/C25H28N2O4S/c1-26(17-20-9-5-3-6-10-20)32(28,29)24-19-31-27(2)25(24)22-13-15-23(16-14-22)30-18-21-11-7-4-8-12-21/h3-16,24-25H,17-19H2,1-2H3/t24-,25-/m0/s1. The second kappa shape index (κ2) is 9.83. The molecule has 1 aliphatic rings. The lowest BCUT2D eigenvalue weighted by molar-refractivity contribution is -0.110. The third-order valence-corrected chi connectivity index (χ3v) is 7.88. The number of rotatable bonds is 8. The zero-order valence-electron chi connectivity index (χ0n) is 18.3. The van der Waals surface area contributed by atoms with Crippen LogP contribution in [0.2, 0.25) is 0 Å². The van der Waals surface area contributed by atoms with Crippen molar-refractivity contribution in [2.45, 2.75) is 24.4 Å². The molecule has 0 N–H and O–H groups in total. The van der Waals surface area contributed by atoms with Gasteiger partial charge in [-0.15, -0.1) is 0 Å². The number of nitrogens with zero attached hydrogens (tertiary/aromatic N) is 2. The number of benzene rings is 3. The molecule has 0 bridgehead atoms. The monoisotopic (exact) mass is 452 g/mol. The normalized spacial score (nSPS) is 19.3. The Kier molecular flexibility index (Phi) is 6.91. The molecule has 0 aromatic heterocycles. The fourth-order valence-electron chi connectivity index (χ4n) is 3.93. The van der Waals surface area contributed by atoms with Crippen LogP contribution in [0.25, 0.3) is 0 Å². The molecule has 168 valence electrons. The lowest BCUT2D eigenvalue weighted by atomic mass is 10.0. The fraction of sp³-hybridized carbons (Fsp3) is 0.280. The third kappa shape index (κ3) is 5.02. The van der Waals surface area contributed by atoms with E-state index in [1.807, 2.05) is 84.9 Å². The first kappa shape index (κ1) is 22.5. The second-order valence-electron chi connectivity index (χ2n) is 7.96. The fourth-order valence-corrected chi connectivity index (χ4v) is 5.61. The van der Waals surface area contributed by atoms with Gasteiger partial charge in [-0.3, -0.25) is 4.84 Å². The molecule has 4 rings (SSSR count). The van der Waals surface area contributed by atoms with Gasteiger partial charge in [-0.05, 0) is 28.8 Å². The van der Waals surface area contributed by atoms with Gasteiger partial charge in [0.15, 0.2) is 0 Å². The molecule has 0 aliphatic carbocycles. The number of ether oxygens (including phenoxy) is 1. The molecule has 0 amide bonds.